The highest BCUT2D eigenvalue weighted by Gasteiger charge is 2.14. The summed E-state index contributed by atoms with van der Waals surface area (Å²) in [6.07, 6.45) is 7.90. The molecule has 0 heterocycles. The van der Waals surface area contributed by atoms with Crippen LogP contribution in [0.4, 0.5) is 8.78 Å². The van der Waals surface area contributed by atoms with Gasteiger partial charge in [0, 0.05) is 12.1 Å². The van der Waals surface area contributed by atoms with Gasteiger partial charge in [-0.2, -0.15) is 0 Å². The number of nitrogens with one attached hydrogen (secondary N) is 1. The Labute approximate surface area is 108 Å². The molecule has 1 fully saturated rings. The van der Waals surface area contributed by atoms with Gasteiger partial charge in [0.15, 0.2) is 11.6 Å². The van der Waals surface area contributed by atoms with Gasteiger partial charge in [-0.05, 0) is 31.4 Å². The van der Waals surface area contributed by atoms with Gasteiger partial charge in [0.25, 0.3) is 0 Å². The predicted octanol–water partition coefficient (Wildman–Crippen LogP) is 4.02. The van der Waals surface area contributed by atoms with Crippen molar-refractivity contribution in [1.82, 2.24) is 5.32 Å². The van der Waals surface area contributed by atoms with Gasteiger partial charge in [0.1, 0.15) is 0 Å². The van der Waals surface area contributed by atoms with E-state index in [0.717, 1.165) is 24.9 Å². The first-order chi connectivity index (χ1) is 8.77. The van der Waals surface area contributed by atoms with E-state index < -0.39 is 11.6 Å². The molecule has 2 rings (SSSR count). The lowest BCUT2D eigenvalue weighted by Gasteiger charge is -2.09. The van der Waals surface area contributed by atoms with Crippen molar-refractivity contribution in [2.24, 2.45) is 5.92 Å². The normalized spacial score (nSPS) is 16.3. The summed E-state index contributed by atoms with van der Waals surface area (Å²) in [5, 5.41) is 3.19. The molecule has 1 aliphatic rings. The number of halogens is 2. The molecule has 1 saturated carbocycles. The quantitative estimate of drug-likeness (QED) is 0.755. The number of benzene rings is 1. The number of rotatable bonds is 6. The van der Waals surface area contributed by atoms with Gasteiger partial charge in [-0.25, -0.2) is 8.78 Å². The molecule has 0 amide bonds. The van der Waals surface area contributed by atoms with Gasteiger partial charge < -0.3 is 5.32 Å². The van der Waals surface area contributed by atoms with Gasteiger partial charge in [-0.15, -0.1) is 0 Å². The van der Waals surface area contributed by atoms with Crippen LogP contribution in [0.5, 0.6) is 0 Å². The summed E-state index contributed by atoms with van der Waals surface area (Å²) in [6.45, 7) is 1.29. The predicted molar refractivity (Wildman–Crippen MR) is 69.3 cm³/mol. The molecule has 100 valence electrons. The minimum absolute atomic E-state index is 0.411. The number of hydrogen-bond acceptors (Lipinski definition) is 1. The molecule has 1 aliphatic carbocycles. The van der Waals surface area contributed by atoms with Crippen molar-refractivity contribution < 1.29 is 8.78 Å². The molecule has 0 aliphatic heterocycles. The van der Waals surface area contributed by atoms with Crippen molar-refractivity contribution in [3.05, 3.63) is 35.4 Å². The first-order valence-corrected chi connectivity index (χ1v) is 6.91. The lowest BCUT2D eigenvalue weighted by atomic mass is 10.0. The van der Waals surface area contributed by atoms with Crippen LogP contribution in [0.1, 0.15) is 44.1 Å². The Bertz CT molecular complexity index is 373. The minimum Gasteiger partial charge on any atom is -0.313 e. The molecular weight excluding hydrogens is 232 g/mol. The molecule has 0 atom stereocenters. The second kappa shape index (κ2) is 6.83. The molecule has 3 heteroatoms. The van der Waals surface area contributed by atoms with E-state index in [0.29, 0.717) is 12.1 Å². The van der Waals surface area contributed by atoms with E-state index >= 15 is 0 Å². The Morgan fingerprint density at radius 1 is 1.17 bits per heavy atom. The summed E-state index contributed by atoms with van der Waals surface area (Å²) < 4.78 is 26.3. The minimum atomic E-state index is -0.764. The fourth-order valence-electron chi connectivity index (χ4n) is 2.72. The highest BCUT2D eigenvalue weighted by atomic mass is 19.2. The largest absolute Gasteiger partial charge is 0.313 e. The fourth-order valence-corrected chi connectivity index (χ4v) is 2.72. The third kappa shape index (κ3) is 3.77. The molecule has 0 bridgehead atoms. The Balaban J connectivity index is 1.64. The van der Waals surface area contributed by atoms with Crippen LogP contribution in [0.2, 0.25) is 0 Å². The molecule has 1 aromatic rings. The van der Waals surface area contributed by atoms with Crippen LogP contribution in [0.3, 0.4) is 0 Å². The van der Waals surface area contributed by atoms with Crippen molar-refractivity contribution >= 4 is 0 Å². The summed E-state index contributed by atoms with van der Waals surface area (Å²) in [6, 6.07) is 4.33. The topological polar surface area (TPSA) is 12.0 Å². The van der Waals surface area contributed by atoms with Crippen LogP contribution in [-0.4, -0.2) is 6.54 Å². The van der Waals surface area contributed by atoms with E-state index in [2.05, 4.69) is 5.32 Å². The second-order valence-corrected chi connectivity index (χ2v) is 5.18. The molecule has 0 unspecified atom stereocenters. The first-order valence-electron chi connectivity index (χ1n) is 6.91. The lowest BCUT2D eigenvalue weighted by molar-refractivity contribution is 0.464. The van der Waals surface area contributed by atoms with E-state index in [-0.39, 0.29) is 0 Å². The summed E-state index contributed by atoms with van der Waals surface area (Å²) >= 11 is 0. The molecule has 0 spiro atoms. The summed E-state index contributed by atoms with van der Waals surface area (Å²) in [4.78, 5) is 0. The molecule has 18 heavy (non-hydrogen) atoms. The Hall–Kier alpha value is -0.960. The van der Waals surface area contributed by atoms with E-state index in [1.807, 2.05) is 0 Å². The molecule has 0 radical (unpaired) electrons. The Morgan fingerprint density at radius 3 is 2.72 bits per heavy atom. The molecular formula is C15H21F2N. The molecule has 0 saturated heterocycles. The number of hydrogen-bond donors (Lipinski definition) is 1. The van der Waals surface area contributed by atoms with Crippen LogP contribution >= 0.6 is 0 Å². The third-order valence-corrected chi connectivity index (χ3v) is 3.79. The fraction of sp³-hybridized carbons (Fsp3) is 0.600. The zero-order valence-electron chi connectivity index (χ0n) is 10.7. The zero-order chi connectivity index (χ0) is 12.8. The van der Waals surface area contributed by atoms with E-state index in [4.69, 9.17) is 0 Å². The molecule has 1 aromatic carbocycles. The van der Waals surface area contributed by atoms with Gasteiger partial charge in [0.05, 0.1) is 0 Å². The summed E-state index contributed by atoms with van der Waals surface area (Å²) in [5.74, 6) is -0.584. The van der Waals surface area contributed by atoms with Crippen molar-refractivity contribution in [3.8, 4) is 0 Å². The lowest BCUT2D eigenvalue weighted by Crippen LogP contribution is -2.16. The van der Waals surface area contributed by atoms with Gasteiger partial charge >= 0.3 is 0 Å². The van der Waals surface area contributed by atoms with Crippen molar-refractivity contribution in [3.63, 3.8) is 0 Å². The summed E-state index contributed by atoms with van der Waals surface area (Å²) in [5.41, 5.74) is 0.413. The van der Waals surface area contributed by atoms with Crippen molar-refractivity contribution in [1.29, 1.82) is 0 Å². The third-order valence-electron chi connectivity index (χ3n) is 3.79. The van der Waals surface area contributed by atoms with Gasteiger partial charge in [-0.3, -0.25) is 0 Å². The van der Waals surface area contributed by atoms with Crippen LogP contribution in [0.15, 0.2) is 18.2 Å². The maximum Gasteiger partial charge on any atom is 0.163 e. The smallest absolute Gasteiger partial charge is 0.163 e. The van der Waals surface area contributed by atoms with Crippen LogP contribution in [-0.2, 0) is 6.54 Å². The summed E-state index contributed by atoms with van der Waals surface area (Å²) in [7, 11) is 0. The Kier molecular flexibility index (Phi) is 5.12. The zero-order valence-corrected chi connectivity index (χ0v) is 10.7. The maximum atomic E-state index is 13.3. The molecule has 1 N–H and O–H groups in total. The highest BCUT2D eigenvalue weighted by molar-refractivity contribution is 5.18. The van der Waals surface area contributed by atoms with E-state index in [1.165, 1.54) is 32.1 Å². The van der Waals surface area contributed by atoms with E-state index in [1.54, 1.807) is 12.1 Å². The SMILES string of the molecule is Fc1cccc(CNCCCC2CCCC2)c1F. The molecule has 1 nitrogen and oxygen atoms in total. The average Bonchev–Trinajstić information content (AvgIpc) is 2.87. The second-order valence-electron chi connectivity index (χ2n) is 5.18. The van der Waals surface area contributed by atoms with Crippen LogP contribution < -0.4 is 5.32 Å². The maximum absolute atomic E-state index is 13.3. The van der Waals surface area contributed by atoms with Gasteiger partial charge in [-0.1, -0.05) is 37.8 Å². The monoisotopic (exact) mass is 253 g/mol. The standard InChI is InChI=1S/C15H21F2N/c16-14-9-3-8-13(15(14)17)11-18-10-4-7-12-5-1-2-6-12/h3,8-9,12,18H,1-2,4-7,10-11H2. The van der Waals surface area contributed by atoms with Gasteiger partial charge in [0.2, 0.25) is 0 Å². The van der Waals surface area contributed by atoms with Crippen molar-refractivity contribution in [2.75, 3.05) is 6.54 Å². The Morgan fingerprint density at radius 2 is 1.94 bits per heavy atom. The first kappa shape index (κ1) is 13.5. The molecule has 0 aromatic heterocycles. The van der Waals surface area contributed by atoms with Crippen LogP contribution in [0.25, 0.3) is 0 Å². The highest BCUT2D eigenvalue weighted by Crippen LogP contribution is 2.28. The van der Waals surface area contributed by atoms with E-state index in [9.17, 15) is 8.78 Å². The van der Waals surface area contributed by atoms with Crippen molar-refractivity contribution in [2.45, 2.75) is 45.1 Å². The average molecular weight is 253 g/mol. The van der Waals surface area contributed by atoms with Crippen LogP contribution in [0, 0.1) is 17.6 Å².